The largest absolute Gasteiger partial charge is 0.390 e. The Labute approximate surface area is 118 Å². The molecule has 0 unspecified atom stereocenters. The number of aryl methyl sites for hydroxylation is 1. The van der Waals surface area contributed by atoms with Gasteiger partial charge in [-0.2, -0.15) is 0 Å². The Morgan fingerprint density at radius 1 is 1.11 bits per heavy atom. The zero-order chi connectivity index (χ0) is 13.2. The van der Waals surface area contributed by atoms with Crippen molar-refractivity contribution in [3.8, 4) is 0 Å². The molecule has 0 bridgehead atoms. The minimum Gasteiger partial charge on any atom is -0.390 e. The first kappa shape index (κ1) is 13.0. The topological polar surface area (TPSA) is 55.1 Å². The third-order valence-corrected chi connectivity index (χ3v) is 5.49. The van der Waals surface area contributed by atoms with Gasteiger partial charge in [0.1, 0.15) is 0 Å². The van der Waals surface area contributed by atoms with E-state index in [4.69, 9.17) is 5.73 Å². The first-order valence-corrected chi connectivity index (χ1v) is 8.28. The Morgan fingerprint density at radius 3 is 2.63 bits per heavy atom. The van der Waals surface area contributed by atoms with Crippen LogP contribution in [0.5, 0.6) is 0 Å². The van der Waals surface area contributed by atoms with Crippen LogP contribution in [0.3, 0.4) is 0 Å². The molecule has 1 fully saturated rings. The Kier molecular flexibility index (Phi) is 3.78. The molecule has 0 atom stereocenters. The smallest absolute Gasteiger partial charge is 0.254 e. The molecule has 3 nitrogen and oxygen atoms in total. The number of nitrogen functional groups attached to an aromatic ring is 1. The van der Waals surface area contributed by atoms with Crippen LogP contribution >= 0.6 is 11.3 Å². The van der Waals surface area contributed by atoms with Crippen LogP contribution < -0.4 is 11.1 Å². The molecule has 0 saturated heterocycles. The van der Waals surface area contributed by atoms with E-state index in [1.165, 1.54) is 42.5 Å². The van der Waals surface area contributed by atoms with E-state index >= 15 is 0 Å². The van der Waals surface area contributed by atoms with Gasteiger partial charge in [-0.15, -0.1) is 11.3 Å². The van der Waals surface area contributed by atoms with Crippen molar-refractivity contribution in [2.75, 3.05) is 5.73 Å². The van der Waals surface area contributed by atoms with Crippen molar-refractivity contribution in [1.82, 2.24) is 5.32 Å². The van der Waals surface area contributed by atoms with Crippen molar-refractivity contribution < 1.29 is 4.79 Å². The first-order valence-electron chi connectivity index (χ1n) is 7.46. The molecule has 1 amide bonds. The summed E-state index contributed by atoms with van der Waals surface area (Å²) < 4.78 is 0. The molecular weight excluding hydrogens is 256 g/mol. The van der Waals surface area contributed by atoms with Crippen molar-refractivity contribution in [3.63, 3.8) is 0 Å². The summed E-state index contributed by atoms with van der Waals surface area (Å²) in [7, 11) is 0. The van der Waals surface area contributed by atoms with Crippen LogP contribution in [0.2, 0.25) is 0 Å². The van der Waals surface area contributed by atoms with E-state index in [1.807, 2.05) is 0 Å². The Hall–Kier alpha value is -1.03. The summed E-state index contributed by atoms with van der Waals surface area (Å²) in [5.41, 5.74) is 8.15. The van der Waals surface area contributed by atoms with Gasteiger partial charge in [-0.05, 0) is 44.1 Å². The van der Waals surface area contributed by atoms with Crippen LogP contribution in [0.15, 0.2) is 0 Å². The molecule has 1 aromatic rings. The van der Waals surface area contributed by atoms with Crippen LogP contribution in [-0.4, -0.2) is 11.9 Å². The predicted octanol–water partition coefficient (Wildman–Crippen LogP) is 3.27. The molecule has 0 spiro atoms. The lowest BCUT2D eigenvalue weighted by Crippen LogP contribution is -2.33. The third-order valence-electron chi connectivity index (χ3n) is 4.37. The average molecular weight is 278 g/mol. The molecule has 3 N–H and O–H groups in total. The molecule has 1 saturated carbocycles. The lowest BCUT2D eigenvalue weighted by atomic mass is 10.0. The maximum absolute atomic E-state index is 12.5. The van der Waals surface area contributed by atoms with Crippen LogP contribution in [-0.2, 0) is 12.8 Å². The zero-order valence-electron chi connectivity index (χ0n) is 11.3. The standard InChI is InChI=1S/C15H22N2OS/c16-14-13(15(18)17-10-6-4-5-7-10)11-8-2-1-3-9-12(11)19-14/h10H,1-9,16H2,(H,17,18). The highest BCUT2D eigenvalue weighted by Gasteiger charge is 2.25. The van der Waals surface area contributed by atoms with Gasteiger partial charge in [0.15, 0.2) is 0 Å². The van der Waals surface area contributed by atoms with Crippen LogP contribution in [0.4, 0.5) is 5.00 Å². The predicted molar refractivity (Wildman–Crippen MR) is 79.7 cm³/mol. The number of nitrogens with one attached hydrogen (secondary N) is 1. The fraction of sp³-hybridized carbons (Fsp3) is 0.667. The molecule has 3 rings (SSSR count). The number of nitrogens with two attached hydrogens (primary N) is 1. The van der Waals surface area contributed by atoms with E-state index in [-0.39, 0.29) is 5.91 Å². The summed E-state index contributed by atoms with van der Waals surface area (Å²) >= 11 is 1.63. The maximum Gasteiger partial charge on any atom is 0.254 e. The molecular formula is C15H22N2OS. The fourth-order valence-electron chi connectivity index (χ4n) is 3.34. The van der Waals surface area contributed by atoms with Crippen molar-refractivity contribution in [1.29, 1.82) is 0 Å². The maximum atomic E-state index is 12.5. The van der Waals surface area contributed by atoms with Gasteiger partial charge in [0.2, 0.25) is 0 Å². The highest BCUT2D eigenvalue weighted by atomic mass is 32.1. The Bertz CT molecular complexity index is 475. The van der Waals surface area contributed by atoms with E-state index in [0.717, 1.165) is 36.2 Å². The monoisotopic (exact) mass is 278 g/mol. The van der Waals surface area contributed by atoms with Crippen LogP contribution in [0.1, 0.15) is 65.7 Å². The van der Waals surface area contributed by atoms with Gasteiger partial charge in [0.05, 0.1) is 10.6 Å². The number of thiophene rings is 1. The van der Waals surface area contributed by atoms with E-state index in [9.17, 15) is 4.79 Å². The second-order valence-electron chi connectivity index (χ2n) is 5.76. The van der Waals surface area contributed by atoms with E-state index in [0.29, 0.717) is 6.04 Å². The van der Waals surface area contributed by atoms with Crippen LogP contribution in [0, 0.1) is 0 Å². The van der Waals surface area contributed by atoms with Gasteiger partial charge in [-0.1, -0.05) is 19.3 Å². The molecule has 19 heavy (non-hydrogen) atoms. The molecule has 1 heterocycles. The molecule has 0 aromatic carbocycles. The Morgan fingerprint density at radius 2 is 1.84 bits per heavy atom. The number of carbonyl (C=O) groups is 1. The second kappa shape index (κ2) is 5.53. The second-order valence-corrected chi connectivity index (χ2v) is 6.90. The summed E-state index contributed by atoms with van der Waals surface area (Å²) in [5.74, 6) is 0.0730. The van der Waals surface area contributed by atoms with Crippen molar-refractivity contribution in [3.05, 3.63) is 16.0 Å². The molecule has 104 valence electrons. The number of anilines is 1. The van der Waals surface area contributed by atoms with Gasteiger partial charge in [-0.3, -0.25) is 4.79 Å². The van der Waals surface area contributed by atoms with Crippen molar-refractivity contribution in [2.24, 2.45) is 0 Å². The zero-order valence-corrected chi connectivity index (χ0v) is 12.2. The molecule has 0 aliphatic heterocycles. The number of hydrogen-bond donors (Lipinski definition) is 2. The number of carbonyl (C=O) groups excluding carboxylic acids is 1. The number of hydrogen-bond acceptors (Lipinski definition) is 3. The highest BCUT2D eigenvalue weighted by molar-refractivity contribution is 7.16. The lowest BCUT2D eigenvalue weighted by molar-refractivity contribution is 0.0938. The molecule has 2 aliphatic carbocycles. The quantitative estimate of drug-likeness (QED) is 0.816. The summed E-state index contributed by atoms with van der Waals surface area (Å²) in [6, 6.07) is 0.369. The van der Waals surface area contributed by atoms with Crippen molar-refractivity contribution in [2.45, 2.75) is 63.8 Å². The minimum atomic E-state index is 0.0730. The first-order chi connectivity index (χ1) is 9.25. The lowest BCUT2D eigenvalue weighted by Gasteiger charge is -2.13. The number of rotatable bonds is 2. The van der Waals surface area contributed by atoms with Gasteiger partial charge < -0.3 is 11.1 Å². The molecule has 0 radical (unpaired) electrons. The summed E-state index contributed by atoms with van der Waals surface area (Å²) in [6.07, 6.45) is 10.5. The fourth-order valence-corrected chi connectivity index (χ4v) is 4.50. The summed E-state index contributed by atoms with van der Waals surface area (Å²) in [6.45, 7) is 0. The van der Waals surface area contributed by atoms with Gasteiger partial charge in [-0.25, -0.2) is 0 Å². The minimum absolute atomic E-state index is 0.0730. The molecule has 2 aliphatic rings. The molecule has 4 heteroatoms. The van der Waals surface area contributed by atoms with Gasteiger partial charge in [0.25, 0.3) is 5.91 Å². The number of fused-ring (bicyclic) bond motifs is 1. The molecule has 1 aromatic heterocycles. The highest BCUT2D eigenvalue weighted by Crippen LogP contribution is 2.35. The average Bonchev–Trinajstić information content (AvgIpc) is 2.92. The van der Waals surface area contributed by atoms with Crippen molar-refractivity contribution >= 4 is 22.2 Å². The van der Waals surface area contributed by atoms with E-state index in [2.05, 4.69) is 5.32 Å². The Balaban J connectivity index is 1.82. The van der Waals surface area contributed by atoms with Gasteiger partial charge in [0, 0.05) is 10.9 Å². The SMILES string of the molecule is Nc1sc2c(c1C(=O)NC1CCCC1)CCCCC2. The normalized spacial score (nSPS) is 20.0. The van der Waals surface area contributed by atoms with E-state index < -0.39 is 0 Å². The van der Waals surface area contributed by atoms with E-state index in [1.54, 1.807) is 11.3 Å². The van der Waals surface area contributed by atoms with Gasteiger partial charge >= 0.3 is 0 Å². The summed E-state index contributed by atoms with van der Waals surface area (Å²) in [4.78, 5) is 13.8. The third kappa shape index (κ3) is 2.64. The number of amides is 1. The summed E-state index contributed by atoms with van der Waals surface area (Å²) in [5, 5.41) is 3.90. The van der Waals surface area contributed by atoms with Crippen LogP contribution in [0.25, 0.3) is 0 Å².